The van der Waals surface area contributed by atoms with Crippen LogP contribution in [-0.4, -0.2) is 23.0 Å². The fourth-order valence-corrected chi connectivity index (χ4v) is 7.69. The summed E-state index contributed by atoms with van der Waals surface area (Å²) in [5.74, 6) is 0.582. The van der Waals surface area contributed by atoms with Crippen LogP contribution in [0.1, 0.15) is 17.7 Å². The van der Waals surface area contributed by atoms with E-state index in [0.29, 0.717) is 21.2 Å². The predicted molar refractivity (Wildman–Crippen MR) is 158 cm³/mol. The van der Waals surface area contributed by atoms with Gasteiger partial charge in [-0.3, -0.25) is 0 Å². The number of hydrogen-bond acceptors (Lipinski definition) is 4. The zero-order valence-corrected chi connectivity index (χ0v) is 22.3. The molecule has 192 valence electrons. The molecule has 6 heteroatoms. The summed E-state index contributed by atoms with van der Waals surface area (Å²) in [4.78, 5) is 11.1. The van der Waals surface area contributed by atoms with E-state index in [1.807, 2.05) is 60.7 Å². The van der Waals surface area contributed by atoms with Gasteiger partial charge in [-0.25, -0.2) is 18.4 Å². The summed E-state index contributed by atoms with van der Waals surface area (Å²) in [5, 5.41) is 0. The first-order valence-corrected chi connectivity index (χ1v) is 14.8. The summed E-state index contributed by atoms with van der Waals surface area (Å²) >= 11 is 0. The topological polar surface area (TPSA) is 64.8 Å². The van der Waals surface area contributed by atoms with Gasteiger partial charge in [-0.2, -0.15) is 0 Å². The number of aromatic nitrogens is 3. The fourth-order valence-electron chi connectivity index (χ4n) is 6.03. The minimum Gasteiger partial charge on any atom is -0.306 e. The average molecular weight is 538 g/mol. The standard InChI is InChI=1S/C34H23N3O2S/c38-40(39)29-18-10-8-15-25(29)27-21-23(19-20-30(27)40)34-35-31(22-11-3-1-4-12-22)33-32(36-34)26-16-7-9-17-28(26)37(33)24-13-5-2-6-14-24/h1-6,8-15,17-21H,7,16H2. The molecule has 0 saturated carbocycles. The Kier molecular flexibility index (Phi) is 4.97. The normalized spacial score (nSPS) is 14.6. The molecule has 3 heterocycles. The molecule has 0 amide bonds. The number of benzene rings is 4. The monoisotopic (exact) mass is 537 g/mol. The highest BCUT2D eigenvalue weighted by molar-refractivity contribution is 7.92. The van der Waals surface area contributed by atoms with Crippen molar-refractivity contribution < 1.29 is 8.42 Å². The first kappa shape index (κ1) is 23.1. The van der Waals surface area contributed by atoms with Gasteiger partial charge in [0.25, 0.3) is 0 Å². The van der Waals surface area contributed by atoms with Crippen LogP contribution >= 0.6 is 0 Å². The van der Waals surface area contributed by atoms with Crippen LogP contribution < -0.4 is 0 Å². The predicted octanol–water partition coefficient (Wildman–Crippen LogP) is 7.53. The Morgan fingerprint density at radius 3 is 2.25 bits per heavy atom. The summed E-state index contributed by atoms with van der Waals surface area (Å²) < 4.78 is 28.7. The van der Waals surface area contributed by atoms with Crippen molar-refractivity contribution in [3.8, 4) is 39.5 Å². The second kappa shape index (κ2) is 8.60. The van der Waals surface area contributed by atoms with Crippen molar-refractivity contribution in [3.63, 3.8) is 0 Å². The lowest BCUT2D eigenvalue weighted by atomic mass is 10.0. The van der Waals surface area contributed by atoms with Crippen molar-refractivity contribution in [3.05, 3.63) is 120 Å². The highest BCUT2D eigenvalue weighted by atomic mass is 32.2. The van der Waals surface area contributed by atoms with Gasteiger partial charge in [0, 0.05) is 33.5 Å². The van der Waals surface area contributed by atoms with E-state index in [4.69, 9.17) is 9.97 Å². The molecule has 0 unspecified atom stereocenters. The fraction of sp³-hybridized carbons (Fsp3) is 0.0588. The third-order valence-corrected chi connectivity index (χ3v) is 9.71. The number of para-hydroxylation sites is 1. The van der Waals surface area contributed by atoms with Crippen molar-refractivity contribution in [1.82, 2.24) is 14.5 Å². The number of nitrogens with zero attached hydrogens (tertiary/aromatic N) is 3. The number of hydrogen-bond donors (Lipinski definition) is 0. The van der Waals surface area contributed by atoms with Gasteiger partial charge in [0.2, 0.25) is 9.84 Å². The van der Waals surface area contributed by atoms with Crippen LogP contribution in [-0.2, 0) is 16.3 Å². The number of rotatable bonds is 3. The molecule has 0 radical (unpaired) electrons. The Balaban J connectivity index is 1.44. The molecule has 0 atom stereocenters. The Morgan fingerprint density at radius 1 is 0.700 bits per heavy atom. The molecule has 0 fully saturated rings. The van der Waals surface area contributed by atoms with E-state index in [0.717, 1.165) is 57.6 Å². The van der Waals surface area contributed by atoms with Crippen molar-refractivity contribution in [2.75, 3.05) is 0 Å². The molecule has 6 aromatic rings. The number of aryl methyl sites for hydroxylation is 1. The Morgan fingerprint density at radius 2 is 1.43 bits per heavy atom. The molecule has 5 nitrogen and oxygen atoms in total. The van der Waals surface area contributed by atoms with E-state index in [1.165, 1.54) is 5.56 Å². The minimum absolute atomic E-state index is 0.333. The van der Waals surface area contributed by atoms with E-state index in [2.05, 4.69) is 41.0 Å². The van der Waals surface area contributed by atoms with Gasteiger partial charge < -0.3 is 4.57 Å². The van der Waals surface area contributed by atoms with Crippen LogP contribution in [0, 0.1) is 0 Å². The van der Waals surface area contributed by atoms with Crippen LogP contribution in [0.4, 0.5) is 0 Å². The molecule has 40 heavy (non-hydrogen) atoms. The third-order valence-electron chi connectivity index (χ3n) is 7.84. The maximum Gasteiger partial charge on any atom is 0.207 e. The van der Waals surface area contributed by atoms with Crippen molar-refractivity contribution in [2.45, 2.75) is 22.6 Å². The summed E-state index contributed by atoms with van der Waals surface area (Å²) in [6.45, 7) is 0. The van der Waals surface area contributed by atoms with Gasteiger partial charge in [0.05, 0.1) is 32.2 Å². The second-order valence-corrected chi connectivity index (χ2v) is 12.0. The molecular formula is C34H23N3O2S. The van der Waals surface area contributed by atoms with E-state index in [1.54, 1.807) is 18.2 Å². The Bertz CT molecular complexity index is 2110. The van der Waals surface area contributed by atoms with Crippen LogP contribution in [0.5, 0.6) is 0 Å². The van der Waals surface area contributed by atoms with E-state index in [-0.39, 0.29) is 0 Å². The summed E-state index contributed by atoms with van der Waals surface area (Å²) in [5.41, 5.74) is 9.37. The molecule has 8 rings (SSSR count). The first-order valence-electron chi connectivity index (χ1n) is 13.3. The zero-order valence-electron chi connectivity index (χ0n) is 21.5. The number of allylic oxidation sites excluding steroid dienone is 1. The van der Waals surface area contributed by atoms with Gasteiger partial charge in [-0.05, 0) is 55.3 Å². The SMILES string of the molecule is O=S1(=O)c2ccccc2-c2cc(-c3nc(-c4ccccc4)c4c(n3)c3c(n4-c4ccccc4)C=CCC3)ccc21. The number of fused-ring (bicyclic) bond motifs is 6. The largest absolute Gasteiger partial charge is 0.306 e. The molecule has 0 N–H and O–H groups in total. The molecule has 4 aromatic carbocycles. The summed E-state index contributed by atoms with van der Waals surface area (Å²) in [6.07, 6.45) is 6.26. The van der Waals surface area contributed by atoms with Gasteiger partial charge in [0.15, 0.2) is 5.82 Å². The van der Waals surface area contributed by atoms with Gasteiger partial charge in [0.1, 0.15) is 0 Å². The molecule has 0 saturated heterocycles. The lowest BCUT2D eigenvalue weighted by molar-refractivity contribution is 0.598. The maximum atomic E-state index is 13.2. The van der Waals surface area contributed by atoms with Crippen LogP contribution in [0.3, 0.4) is 0 Å². The van der Waals surface area contributed by atoms with Gasteiger partial charge in [-0.15, -0.1) is 0 Å². The quantitative estimate of drug-likeness (QED) is 0.234. The average Bonchev–Trinajstić information content (AvgIpc) is 3.46. The van der Waals surface area contributed by atoms with E-state index >= 15 is 0 Å². The van der Waals surface area contributed by atoms with Crippen LogP contribution in [0.15, 0.2) is 119 Å². The molecule has 2 aliphatic rings. The van der Waals surface area contributed by atoms with Gasteiger partial charge in [-0.1, -0.05) is 72.8 Å². The van der Waals surface area contributed by atoms with Crippen molar-refractivity contribution in [2.24, 2.45) is 0 Å². The minimum atomic E-state index is -3.54. The molecule has 2 aromatic heterocycles. The molecule has 1 aliphatic carbocycles. The van der Waals surface area contributed by atoms with E-state index in [9.17, 15) is 8.42 Å². The Hall–Kier alpha value is -4.81. The first-order chi connectivity index (χ1) is 19.6. The van der Waals surface area contributed by atoms with Crippen molar-refractivity contribution >= 4 is 26.9 Å². The zero-order chi connectivity index (χ0) is 26.8. The highest BCUT2D eigenvalue weighted by Crippen LogP contribution is 2.45. The molecule has 1 aliphatic heterocycles. The Labute approximate surface area is 232 Å². The van der Waals surface area contributed by atoms with Crippen LogP contribution in [0.25, 0.3) is 56.6 Å². The summed E-state index contributed by atoms with van der Waals surface area (Å²) in [6, 6.07) is 33.2. The molecular weight excluding hydrogens is 514 g/mol. The maximum absolute atomic E-state index is 13.2. The third kappa shape index (κ3) is 3.29. The lowest BCUT2D eigenvalue weighted by Crippen LogP contribution is -2.01. The summed E-state index contributed by atoms with van der Waals surface area (Å²) in [7, 11) is -3.54. The van der Waals surface area contributed by atoms with Crippen LogP contribution in [0.2, 0.25) is 0 Å². The molecule has 0 spiro atoms. The molecule has 0 bridgehead atoms. The number of sulfone groups is 1. The second-order valence-electron chi connectivity index (χ2n) is 10.1. The van der Waals surface area contributed by atoms with E-state index < -0.39 is 9.84 Å². The smallest absolute Gasteiger partial charge is 0.207 e. The van der Waals surface area contributed by atoms with Crippen molar-refractivity contribution in [1.29, 1.82) is 0 Å². The van der Waals surface area contributed by atoms with Gasteiger partial charge >= 0.3 is 0 Å². The lowest BCUT2D eigenvalue weighted by Gasteiger charge is -2.13. The highest BCUT2D eigenvalue weighted by Gasteiger charge is 2.33.